The molecule has 92 valence electrons. The molecule has 3 heterocycles. The van der Waals surface area contributed by atoms with Crippen LogP contribution < -0.4 is 5.69 Å². The van der Waals surface area contributed by atoms with Crippen molar-refractivity contribution in [2.45, 2.75) is 0 Å². The Balaban J connectivity index is 2.21. The minimum atomic E-state index is -0.287. The Hall–Kier alpha value is -2.89. The van der Waals surface area contributed by atoms with Crippen LogP contribution in [0.5, 0.6) is 0 Å². The van der Waals surface area contributed by atoms with E-state index < -0.39 is 0 Å². The number of aromatic nitrogens is 4. The highest BCUT2D eigenvalue weighted by atomic mass is 16.3. The van der Waals surface area contributed by atoms with Gasteiger partial charge in [-0.3, -0.25) is 0 Å². The molecule has 3 aromatic heterocycles. The Labute approximate surface area is 106 Å². The van der Waals surface area contributed by atoms with Crippen LogP contribution in [0.3, 0.4) is 0 Å². The van der Waals surface area contributed by atoms with Crippen LogP contribution in [0.1, 0.15) is 0 Å². The van der Waals surface area contributed by atoms with Crippen LogP contribution >= 0.6 is 0 Å². The van der Waals surface area contributed by atoms with Crippen LogP contribution in [-0.2, 0) is 0 Å². The molecule has 1 N–H and O–H groups in total. The summed E-state index contributed by atoms with van der Waals surface area (Å²) in [6, 6.07) is 11.0. The Morgan fingerprint density at radius 2 is 2.00 bits per heavy atom. The molecule has 0 aliphatic heterocycles. The van der Waals surface area contributed by atoms with E-state index >= 15 is 0 Å². The third-order valence-electron chi connectivity index (χ3n) is 3.02. The van der Waals surface area contributed by atoms with Gasteiger partial charge in [0.25, 0.3) is 0 Å². The molecule has 0 bridgehead atoms. The van der Waals surface area contributed by atoms with E-state index in [4.69, 9.17) is 4.42 Å². The summed E-state index contributed by atoms with van der Waals surface area (Å²) in [5, 5.41) is 8.98. The van der Waals surface area contributed by atoms with E-state index in [1.165, 1.54) is 10.7 Å². The molecule has 0 atom stereocenters. The van der Waals surface area contributed by atoms with Gasteiger partial charge in [-0.15, -0.1) is 10.2 Å². The first-order valence-corrected chi connectivity index (χ1v) is 5.74. The molecule has 0 spiro atoms. The van der Waals surface area contributed by atoms with E-state index in [1.54, 1.807) is 12.1 Å². The van der Waals surface area contributed by atoms with Crippen molar-refractivity contribution in [1.82, 2.24) is 19.6 Å². The lowest BCUT2D eigenvalue weighted by Crippen LogP contribution is -2.17. The molecule has 0 amide bonds. The first-order valence-electron chi connectivity index (χ1n) is 5.74. The minimum absolute atomic E-state index is 0.287. The van der Waals surface area contributed by atoms with Crippen LogP contribution in [-0.4, -0.2) is 19.6 Å². The summed E-state index contributed by atoms with van der Waals surface area (Å²) in [5.74, 6) is 0.903. The maximum absolute atomic E-state index is 12.2. The van der Waals surface area contributed by atoms with Crippen molar-refractivity contribution in [3.8, 4) is 11.6 Å². The second kappa shape index (κ2) is 3.55. The summed E-state index contributed by atoms with van der Waals surface area (Å²) in [5.41, 5.74) is 0.967. The lowest BCUT2D eigenvalue weighted by molar-refractivity contribution is 0.576. The number of aromatic amines is 1. The number of nitrogens with one attached hydrogen (secondary N) is 1. The standard InChI is InChI=1S/C13H8N4O2/c18-13-14-9-5-2-1-4-8(9)11-15-16-12(17(11)13)10-6-3-7-19-10/h1-7H,(H,14,18). The fourth-order valence-electron chi connectivity index (χ4n) is 2.17. The van der Waals surface area contributed by atoms with Gasteiger partial charge >= 0.3 is 5.69 Å². The van der Waals surface area contributed by atoms with E-state index in [0.29, 0.717) is 17.2 Å². The SMILES string of the molecule is O=c1[nH]c2ccccc2c2nnc(-c3ccco3)n12. The molecule has 0 radical (unpaired) electrons. The summed E-state index contributed by atoms with van der Waals surface area (Å²) in [4.78, 5) is 15.0. The van der Waals surface area contributed by atoms with Crippen LogP contribution in [0, 0.1) is 0 Å². The lowest BCUT2D eigenvalue weighted by atomic mass is 10.2. The minimum Gasteiger partial charge on any atom is -0.461 e. The van der Waals surface area contributed by atoms with E-state index in [1.807, 2.05) is 24.3 Å². The summed E-state index contributed by atoms with van der Waals surface area (Å²) in [6.45, 7) is 0. The van der Waals surface area contributed by atoms with Crippen molar-refractivity contribution >= 4 is 16.6 Å². The molecule has 0 unspecified atom stereocenters. The largest absolute Gasteiger partial charge is 0.461 e. The predicted molar refractivity (Wildman–Crippen MR) is 68.8 cm³/mol. The molecular formula is C13H8N4O2. The van der Waals surface area contributed by atoms with Crippen molar-refractivity contribution in [3.05, 3.63) is 53.1 Å². The Bertz CT molecular complexity index is 934. The number of H-pyrrole nitrogens is 1. The number of furan rings is 1. The topological polar surface area (TPSA) is 76.2 Å². The highest BCUT2D eigenvalue weighted by Gasteiger charge is 2.15. The number of hydrogen-bond acceptors (Lipinski definition) is 4. The molecule has 1 aromatic carbocycles. The van der Waals surface area contributed by atoms with Crippen molar-refractivity contribution in [2.24, 2.45) is 0 Å². The van der Waals surface area contributed by atoms with Gasteiger partial charge in [-0.2, -0.15) is 0 Å². The zero-order valence-corrected chi connectivity index (χ0v) is 9.70. The fourth-order valence-corrected chi connectivity index (χ4v) is 2.17. The monoisotopic (exact) mass is 252 g/mol. The van der Waals surface area contributed by atoms with Gasteiger partial charge in [-0.05, 0) is 24.3 Å². The van der Waals surface area contributed by atoms with Gasteiger partial charge in [0.15, 0.2) is 11.4 Å². The molecule has 6 heteroatoms. The lowest BCUT2D eigenvalue weighted by Gasteiger charge is -2.00. The molecule has 0 saturated heterocycles. The summed E-state index contributed by atoms with van der Waals surface area (Å²) in [6.07, 6.45) is 1.53. The number of nitrogens with zero attached hydrogens (tertiary/aromatic N) is 3. The molecule has 6 nitrogen and oxygen atoms in total. The zero-order valence-electron chi connectivity index (χ0n) is 9.70. The fraction of sp³-hybridized carbons (Fsp3) is 0. The number of hydrogen-bond donors (Lipinski definition) is 1. The van der Waals surface area contributed by atoms with Crippen LogP contribution in [0.4, 0.5) is 0 Å². The second-order valence-electron chi connectivity index (χ2n) is 4.14. The smallest absolute Gasteiger partial charge is 0.333 e. The molecule has 0 aliphatic rings. The molecular weight excluding hydrogens is 244 g/mol. The highest BCUT2D eigenvalue weighted by molar-refractivity contribution is 5.91. The third-order valence-corrected chi connectivity index (χ3v) is 3.02. The summed E-state index contributed by atoms with van der Waals surface area (Å²) in [7, 11) is 0. The normalized spacial score (nSPS) is 11.4. The maximum atomic E-state index is 12.2. The van der Waals surface area contributed by atoms with Crippen LogP contribution in [0.2, 0.25) is 0 Å². The van der Waals surface area contributed by atoms with Crippen molar-refractivity contribution in [2.75, 3.05) is 0 Å². The van der Waals surface area contributed by atoms with Gasteiger partial charge in [-0.1, -0.05) is 12.1 Å². The predicted octanol–water partition coefficient (Wildman–Crippen LogP) is 1.83. The van der Waals surface area contributed by atoms with E-state index in [2.05, 4.69) is 15.2 Å². The number of para-hydroxylation sites is 1. The zero-order chi connectivity index (χ0) is 12.8. The molecule has 4 rings (SSSR count). The van der Waals surface area contributed by atoms with Gasteiger partial charge in [0.05, 0.1) is 11.8 Å². The van der Waals surface area contributed by atoms with Gasteiger partial charge < -0.3 is 9.40 Å². The molecule has 4 aromatic rings. The molecule has 0 fully saturated rings. The van der Waals surface area contributed by atoms with Gasteiger partial charge in [-0.25, -0.2) is 9.20 Å². The average molecular weight is 252 g/mol. The second-order valence-corrected chi connectivity index (χ2v) is 4.14. The molecule has 0 saturated carbocycles. The molecule has 0 aliphatic carbocycles. The van der Waals surface area contributed by atoms with E-state index in [9.17, 15) is 4.79 Å². The van der Waals surface area contributed by atoms with Crippen molar-refractivity contribution in [3.63, 3.8) is 0 Å². The highest BCUT2D eigenvalue weighted by Crippen LogP contribution is 2.20. The third kappa shape index (κ3) is 1.33. The van der Waals surface area contributed by atoms with Crippen molar-refractivity contribution in [1.29, 1.82) is 0 Å². The molecule has 19 heavy (non-hydrogen) atoms. The number of fused-ring (bicyclic) bond motifs is 3. The summed E-state index contributed by atoms with van der Waals surface area (Å²) >= 11 is 0. The van der Waals surface area contributed by atoms with Crippen LogP contribution in [0.25, 0.3) is 28.1 Å². The first-order chi connectivity index (χ1) is 9.34. The number of rotatable bonds is 1. The van der Waals surface area contributed by atoms with E-state index in [-0.39, 0.29) is 5.69 Å². The van der Waals surface area contributed by atoms with Gasteiger partial charge in [0.1, 0.15) is 0 Å². The van der Waals surface area contributed by atoms with Crippen LogP contribution in [0.15, 0.2) is 51.9 Å². The maximum Gasteiger partial charge on any atom is 0.333 e. The Morgan fingerprint density at radius 3 is 2.84 bits per heavy atom. The summed E-state index contributed by atoms with van der Waals surface area (Å²) < 4.78 is 6.69. The Morgan fingerprint density at radius 1 is 1.11 bits per heavy atom. The van der Waals surface area contributed by atoms with Gasteiger partial charge in [0, 0.05) is 5.39 Å². The quantitative estimate of drug-likeness (QED) is 0.560. The number of benzene rings is 1. The van der Waals surface area contributed by atoms with Crippen molar-refractivity contribution < 1.29 is 4.42 Å². The Kier molecular flexibility index (Phi) is 1.88. The van der Waals surface area contributed by atoms with Gasteiger partial charge in [0.2, 0.25) is 5.82 Å². The average Bonchev–Trinajstić information content (AvgIpc) is 3.08. The first kappa shape index (κ1) is 10.1. The van der Waals surface area contributed by atoms with E-state index in [0.717, 1.165) is 10.9 Å².